The molecule has 1 saturated heterocycles. The van der Waals surface area contributed by atoms with Crippen LogP contribution in [0.4, 0.5) is 0 Å². The highest BCUT2D eigenvalue weighted by Crippen LogP contribution is 2.33. The SMILES string of the molecule is Cn1cnnc1Sc1ccc(CN2CCCC[C@@H]2c2cccnc2)o1. The number of hydrogen-bond donors (Lipinski definition) is 0. The monoisotopic (exact) mass is 355 g/mol. The van der Waals surface area contributed by atoms with Crippen molar-refractivity contribution in [3.63, 3.8) is 0 Å². The summed E-state index contributed by atoms with van der Waals surface area (Å²) in [6.45, 7) is 1.91. The molecule has 3 aromatic rings. The van der Waals surface area contributed by atoms with E-state index in [1.54, 1.807) is 6.33 Å². The largest absolute Gasteiger partial charge is 0.453 e. The summed E-state index contributed by atoms with van der Waals surface area (Å²) in [7, 11) is 1.93. The van der Waals surface area contributed by atoms with E-state index in [-0.39, 0.29) is 0 Å². The van der Waals surface area contributed by atoms with Crippen molar-refractivity contribution in [2.45, 2.75) is 42.1 Å². The Bertz CT molecular complexity index is 816. The summed E-state index contributed by atoms with van der Waals surface area (Å²) < 4.78 is 7.91. The maximum Gasteiger partial charge on any atom is 0.198 e. The Morgan fingerprint density at radius 1 is 1.28 bits per heavy atom. The molecule has 1 fully saturated rings. The number of rotatable bonds is 5. The van der Waals surface area contributed by atoms with Crippen LogP contribution < -0.4 is 0 Å². The van der Waals surface area contributed by atoms with E-state index in [4.69, 9.17) is 4.42 Å². The molecule has 0 amide bonds. The first kappa shape index (κ1) is 16.4. The number of hydrogen-bond acceptors (Lipinski definition) is 6. The Hall–Kier alpha value is -2.12. The first-order valence-corrected chi connectivity index (χ1v) is 9.36. The van der Waals surface area contributed by atoms with Crippen molar-refractivity contribution in [3.05, 3.63) is 54.3 Å². The number of nitrogens with zero attached hydrogens (tertiary/aromatic N) is 5. The fraction of sp³-hybridized carbons (Fsp3) is 0.389. The number of aromatic nitrogens is 4. The molecule has 6 nitrogen and oxygen atoms in total. The first-order chi connectivity index (χ1) is 12.3. The Labute approximate surface area is 151 Å². The highest BCUT2D eigenvalue weighted by molar-refractivity contribution is 7.99. The van der Waals surface area contributed by atoms with Gasteiger partial charge in [-0.25, -0.2) is 0 Å². The van der Waals surface area contributed by atoms with E-state index >= 15 is 0 Å². The molecule has 7 heteroatoms. The normalized spacial score (nSPS) is 18.5. The maximum atomic E-state index is 6.02. The van der Waals surface area contributed by atoms with Gasteiger partial charge in [-0.1, -0.05) is 12.5 Å². The molecule has 1 atom stereocenters. The molecule has 4 rings (SSSR count). The zero-order valence-electron chi connectivity index (χ0n) is 14.2. The lowest BCUT2D eigenvalue weighted by molar-refractivity contribution is 0.128. The maximum absolute atomic E-state index is 6.02. The highest BCUT2D eigenvalue weighted by atomic mass is 32.2. The molecule has 0 aliphatic carbocycles. The average Bonchev–Trinajstić information content (AvgIpc) is 3.26. The molecule has 0 aromatic carbocycles. The quantitative estimate of drug-likeness (QED) is 0.696. The molecule has 0 saturated carbocycles. The number of aryl methyl sites for hydroxylation is 1. The fourth-order valence-electron chi connectivity index (χ4n) is 3.28. The second kappa shape index (κ2) is 7.41. The van der Waals surface area contributed by atoms with Gasteiger partial charge in [-0.05, 0) is 54.9 Å². The van der Waals surface area contributed by atoms with Gasteiger partial charge >= 0.3 is 0 Å². The summed E-state index contributed by atoms with van der Waals surface area (Å²) in [5.41, 5.74) is 1.29. The molecule has 25 heavy (non-hydrogen) atoms. The Balaban J connectivity index is 1.46. The van der Waals surface area contributed by atoms with Gasteiger partial charge in [0.15, 0.2) is 10.2 Å². The summed E-state index contributed by atoms with van der Waals surface area (Å²) in [6, 6.07) is 8.69. The van der Waals surface area contributed by atoms with Crippen LogP contribution >= 0.6 is 11.8 Å². The van der Waals surface area contributed by atoms with Gasteiger partial charge in [-0.15, -0.1) is 10.2 Å². The Morgan fingerprint density at radius 3 is 3.04 bits per heavy atom. The van der Waals surface area contributed by atoms with Crippen LogP contribution in [0, 0.1) is 0 Å². The van der Waals surface area contributed by atoms with Crippen LogP contribution in [0.2, 0.25) is 0 Å². The van der Waals surface area contributed by atoms with Crippen molar-refractivity contribution >= 4 is 11.8 Å². The third kappa shape index (κ3) is 3.77. The molecule has 0 radical (unpaired) electrons. The zero-order chi connectivity index (χ0) is 17.1. The minimum atomic E-state index is 0.419. The van der Waals surface area contributed by atoms with Crippen molar-refractivity contribution in [3.8, 4) is 0 Å². The second-order valence-electron chi connectivity index (χ2n) is 6.32. The van der Waals surface area contributed by atoms with Gasteiger partial charge in [0.1, 0.15) is 12.1 Å². The second-order valence-corrected chi connectivity index (χ2v) is 7.29. The van der Waals surface area contributed by atoms with E-state index in [2.05, 4.69) is 32.2 Å². The summed E-state index contributed by atoms with van der Waals surface area (Å²) >= 11 is 1.50. The van der Waals surface area contributed by atoms with Crippen LogP contribution in [0.15, 0.2) is 57.7 Å². The number of likely N-dealkylation sites (tertiary alicyclic amines) is 1. The van der Waals surface area contributed by atoms with Crippen molar-refractivity contribution < 1.29 is 4.42 Å². The van der Waals surface area contributed by atoms with Gasteiger partial charge in [0.05, 0.1) is 6.54 Å². The molecule has 4 heterocycles. The van der Waals surface area contributed by atoms with Crippen molar-refractivity contribution in [2.75, 3.05) is 6.54 Å². The smallest absolute Gasteiger partial charge is 0.198 e. The van der Waals surface area contributed by atoms with E-state index in [9.17, 15) is 0 Å². The first-order valence-electron chi connectivity index (χ1n) is 8.54. The van der Waals surface area contributed by atoms with Gasteiger partial charge in [0.2, 0.25) is 0 Å². The van der Waals surface area contributed by atoms with Crippen molar-refractivity contribution in [2.24, 2.45) is 7.05 Å². The molecule has 0 N–H and O–H groups in total. The summed E-state index contributed by atoms with van der Waals surface area (Å²) in [4.78, 5) is 6.78. The number of pyridine rings is 1. The van der Waals surface area contributed by atoms with Gasteiger partial charge in [-0.3, -0.25) is 9.88 Å². The molecule has 0 unspecified atom stereocenters. The van der Waals surface area contributed by atoms with Crippen molar-refractivity contribution in [1.29, 1.82) is 0 Å². The van der Waals surface area contributed by atoms with E-state index in [1.807, 2.05) is 36.1 Å². The molecule has 3 aromatic heterocycles. The van der Waals surface area contributed by atoms with Crippen LogP contribution in [0.1, 0.15) is 36.6 Å². The average molecular weight is 355 g/mol. The van der Waals surface area contributed by atoms with Gasteiger partial charge in [0, 0.05) is 25.5 Å². The lowest BCUT2D eigenvalue weighted by atomic mass is 9.96. The van der Waals surface area contributed by atoms with Crippen LogP contribution in [-0.4, -0.2) is 31.2 Å². The van der Waals surface area contributed by atoms with Crippen LogP contribution in [-0.2, 0) is 13.6 Å². The fourth-order valence-corrected chi connectivity index (χ4v) is 4.03. The Kier molecular flexibility index (Phi) is 4.85. The van der Waals surface area contributed by atoms with Crippen LogP contribution in [0.5, 0.6) is 0 Å². The van der Waals surface area contributed by atoms with E-state index in [0.717, 1.165) is 29.1 Å². The third-order valence-electron chi connectivity index (χ3n) is 4.54. The summed E-state index contributed by atoms with van der Waals surface area (Å²) in [5.74, 6) is 0.987. The van der Waals surface area contributed by atoms with E-state index < -0.39 is 0 Å². The van der Waals surface area contributed by atoms with E-state index in [1.165, 1.54) is 36.6 Å². The predicted molar refractivity (Wildman–Crippen MR) is 95.1 cm³/mol. The minimum absolute atomic E-state index is 0.419. The molecule has 0 spiro atoms. The van der Waals surface area contributed by atoms with Gasteiger partial charge < -0.3 is 8.98 Å². The number of piperidine rings is 1. The molecular formula is C18H21N5OS. The molecular weight excluding hydrogens is 334 g/mol. The lowest BCUT2D eigenvalue weighted by Gasteiger charge is -2.35. The van der Waals surface area contributed by atoms with Crippen LogP contribution in [0.25, 0.3) is 0 Å². The van der Waals surface area contributed by atoms with Crippen LogP contribution in [0.3, 0.4) is 0 Å². The van der Waals surface area contributed by atoms with E-state index in [0.29, 0.717) is 6.04 Å². The molecule has 1 aliphatic heterocycles. The molecule has 130 valence electrons. The standard InChI is InChI=1S/C18H21N5OS/c1-22-13-20-21-18(22)25-17-8-7-15(24-17)12-23-10-3-2-6-16(23)14-5-4-9-19-11-14/h4-5,7-9,11,13,16H,2-3,6,10,12H2,1H3/t16-/m1/s1. The Morgan fingerprint density at radius 2 is 2.24 bits per heavy atom. The zero-order valence-corrected chi connectivity index (χ0v) is 15.0. The van der Waals surface area contributed by atoms with Gasteiger partial charge in [0.25, 0.3) is 0 Å². The lowest BCUT2D eigenvalue weighted by Crippen LogP contribution is -2.32. The predicted octanol–water partition coefficient (Wildman–Crippen LogP) is 3.68. The van der Waals surface area contributed by atoms with Gasteiger partial charge in [-0.2, -0.15) is 0 Å². The number of furan rings is 1. The molecule has 1 aliphatic rings. The summed E-state index contributed by atoms with van der Waals surface area (Å²) in [5, 5.41) is 9.66. The third-order valence-corrected chi connectivity index (χ3v) is 5.51. The highest BCUT2D eigenvalue weighted by Gasteiger charge is 2.25. The minimum Gasteiger partial charge on any atom is -0.453 e. The van der Waals surface area contributed by atoms with Crippen molar-refractivity contribution in [1.82, 2.24) is 24.6 Å². The molecule has 0 bridgehead atoms. The topological polar surface area (TPSA) is 60.0 Å². The summed E-state index contributed by atoms with van der Waals surface area (Å²) in [6.07, 6.45) is 9.19.